The molecule has 1 saturated heterocycles. The Kier molecular flexibility index (Phi) is 6.72. The van der Waals surface area contributed by atoms with Gasteiger partial charge in [0.15, 0.2) is 0 Å². The molecule has 18 heavy (non-hydrogen) atoms. The van der Waals surface area contributed by atoms with Gasteiger partial charge in [-0.05, 0) is 12.8 Å². The first-order chi connectivity index (χ1) is 8.69. The molecule has 5 heteroatoms. The van der Waals surface area contributed by atoms with Gasteiger partial charge in [0.05, 0.1) is 0 Å². The molecule has 1 heterocycles. The van der Waals surface area contributed by atoms with Crippen LogP contribution in [0.5, 0.6) is 0 Å². The van der Waals surface area contributed by atoms with Crippen LogP contribution in [0.2, 0.25) is 0 Å². The first-order valence-corrected chi connectivity index (χ1v) is 6.95. The summed E-state index contributed by atoms with van der Waals surface area (Å²) >= 11 is 0. The van der Waals surface area contributed by atoms with Crippen molar-refractivity contribution < 1.29 is 9.59 Å². The highest BCUT2D eigenvalue weighted by atomic mass is 16.2. The van der Waals surface area contributed by atoms with Gasteiger partial charge in [-0.15, -0.1) is 0 Å². The van der Waals surface area contributed by atoms with E-state index in [0.717, 1.165) is 39.0 Å². The number of hydrogen-bond acceptors (Lipinski definition) is 3. The third-order valence-electron chi connectivity index (χ3n) is 3.46. The number of rotatable bonds is 6. The summed E-state index contributed by atoms with van der Waals surface area (Å²) in [4.78, 5) is 25.4. The van der Waals surface area contributed by atoms with Gasteiger partial charge in [-0.25, -0.2) is 0 Å². The molecule has 104 valence electrons. The van der Waals surface area contributed by atoms with E-state index in [1.165, 1.54) is 0 Å². The first-order valence-electron chi connectivity index (χ1n) is 6.95. The Hall–Kier alpha value is -1.10. The highest BCUT2D eigenvalue weighted by molar-refractivity contribution is 5.80. The zero-order chi connectivity index (χ0) is 13.4. The minimum absolute atomic E-state index is 0.0770. The SMILES string of the molecule is CCC(CC)C(=O)NCCC(=O)N1CCNCC1. The number of nitrogens with one attached hydrogen (secondary N) is 2. The molecule has 0 aromatic rings. The van der Waals surface area contributed by atoms with Gasteiger partial charge in [0.1, 0.15) is 0 Å². The van der Waals surface area contributed by atoms with Crippen LogP contribution in [0.4, 0.5) is 0 Å². The summed E-state index contributed by atoms with van der Waals surface area (Å²) in [5.74, 6) is 0.300. The summed E-state index contributed by atoms with van der Waals surface area (Å²) < 4.78 is 0. The fourth-order valence-electron chi connectivity index (χ4n) is 2.17. The van der Waals surface area contributed by atoms with E-state index in [0.29, 0.717) is 13.0 Å². The minimum atomic E-state index is 0.0770. The van der Waals surface area contributed by atoms with Gasteiger partial charge >= 0.3 is 0 Å². The molecular formula is C13H25N3O2. The highest BCUT2D eigenvalue weighted by Crippen LogP contribution is 2.06. The molecule has 0 atom stereocenters. The number of carbonyl (C=O) groups excluding carboxylic acids is 2. The second kappa shape index (κ2) is 8.08. The maximum atomic E-state index is 11.8. The Morgan fingerprint density at radius 3 is 2.39 bits per heavy atom. The molecule has 2 N–H and O–H groups in total. The van der Waals surface area contributed by atoms with Crippen molar-refractivity contribution in [1.82, 2.24) is 15.5 Å². The monoisotopic (exact) mass is 255 g/mol. The molecule has 1 aliphatic rings. The van der Waals surface area contributed by atoms with Crippen molar-refractivity contribution >= 4 is 11.8 Å². The van der Waals surface area contributed by atoms with E-state index in [-0.39, 0.29) is 17.7 Å². The average molecular weight is 255 g/mol. The van der Waals surface area contributed by atoms with Gasteiger partial charge in [0.25, 0.3) is 0 Å². The molecule has 2 amide bonds. The Balaban J connectivity index is 2.20. The van der Waals surface area contributed by atoms with Crippen molar-refractivity contribution in [2.24, 2.45) is 5.92 Å². The highest BCUT2D eigenvalue weighted by Gasteiger charge is 2.17. The molecule has 1 aliphatic heterocycles. The molecule has 1 rings (SSSR count). The van der Waals surface area contributed by atoms with Crippen molar-refractivity contribution in [3.63, 3.8) is 0 Å². The standard InChI is InChI=1S/C13H25N3O2/c1-3-11(4-2)13(18)15-6-5-12(17)16-9-7-14-8-10-16/h11,14H,3-10H2,1-2H3,(H,15,18). The summed E-state index contributed by atoms with van der Waals surface area (Å²) in [6, 6.07) is 0. The quantitative estimate of drug-likeness (QED) is 0.720. The van der Waals surface area contributed by atoms with Crippen LogP contribution in [-0.2, 0) is 9.59 Å². The van der Waals surface area contributed by atoms with Gasteiger partial charge < -0.3 is 15.5 Å². The van der Waals surface area contributed by atoms with Gasteiger partial charge in [-0.2, -0.15) is 0 Å². The Morgan fingerprint density at radius 2 is 1.83 bits per heavy atom. The van der Waals surface area contributed by atoms with Crippen LogP contribution in [-0.4, -0.2) is 49.4 Å². The number of nitrogens with zero attached hydrogens (tertiary/aromatic N) is 1. The first kappa shape index (κ1) is 15.0. The van der Waals surface area contributed by atoms with Crippen molar-refractivity contribution in [3.8, 4) is 0 Å². The van der Waals surface area contributed by atoms with Gasteiger partial charge in [0.2, 0.25) is 11.8 Å². The summed E-state index contributed by atoms with van der Waals surface area (Å²) in [5.41, 5.74) is 0. The van der Waals surface area contributed by atoms with Crippen LogP contribution in [0.1, 0.15) is 33.1 Å². The van der Waals surface area contributed by atoms with E-state index >= 15 is 0 Å². The van der Waals surface area contributed by atoms with E-state index in [1.54, 1.807) is 0 Å². The molecule has 0 aromatic heterocycles. The van der Waals surface area contributed by atoms with Crippen molar-refractivity contribution in [1.29, 1.82) is 0 Å². The van der Waals surface area contributed by atoms with Crippen LogP contribution in [0, 0.1) is 5.92 Å². The topological polar surface area (TPSA) is 61.4 Å². The molecule has 0 radical (unpaired) electrons. The second-order valence-corrected chi connectivity index (χ2v) is 4.69. The van der Waals surface area contributed by atoms with Crippen LogP contribution in [0.15, 0.2) is 0 Å². The van der Waals surface area contributed by atoms with E-state index in [2.05, 4.69) is 10.6 Å². The normalized spacial score (nSPS) is 15.8. The zero-order valence-corrected chi connectivity index (χ0v) is 11.5. The lowest BCUT2D eigenvalue weighted by molar-refractivity contribution is -0.131. The molecule has 0 unspecified atom stereocenters. The average Bonchev–Trinajstić information content (AvgIpc) is 2.41. The summed E-state index contributed by atoms with van der Waals surface area (Å²) in [6.07, 6.45) is 2.12. The van der Waals surface area contributed by atoms with E-state index < -0.39 is 0 Å². The Bertz CT molecular complexity index is 271. The van der Waals surface area contributed by atoms with E-state index in [1.807, 2.05) is 18.7 Å². The summed E-state index contributed by atoms with van der Waals surface area (Å²) in [7, 11) is 0. The lowest BCUT2D eigenvalue weighted by Gasteiger charge is -2.27. The minimum Gasteiger partial charge on any atom is -0.355 e. The van der Waals surface area contributed by atoms with Crippen LogP contribution in [0.25, 0.3) is 0 Å². The van der Waals surface area contributed by atoms with E-state index in [9.17, 15) is 9.59 Å². The Morgan fingerprint density at radius 1 is 1.22 bits per heavy atom. The van der Waals surface area contributed by atoms with Crippen molar-refractivity contribution in [2.75, 3.05) is 32.7 Å². The largest absolute Gasteiger partial charge is 0.355 e. The maximum Gasteiger partial charge on any atom is 0.224 e. The van der Waals surface area contributed by atoms with Gasteiger partial charge in [0, 0.05) is 45.1 Å². The lowest BCUT2D eigenvalue weighted by Crippen LogP contribution is -2.47. The number of piperazine rings is 1. The molecule has 0 spiro atoms. The van der Waals surface area contributed by atoms with Crippen LogP contribution < -0.4 is 10.6 Å². The number of amides is 2. The fourth-order valence-corrected chi connectivity index (χ4v) is 2.17. The van der Waals surface area contributed by atoms with Crippen LogP contribution >= 0.6 is 0 Å². The third kappa shape index (κ3) is 4.64. The third-order valence-corrected chi connectivity index (χ3v) is 3.46. The molecule has 0 saturated carbocycles. The number of carbonyl (C=O) groups is 2. The Labute approximate surface area is 109 Å². The van der Waals surface area contributed by atoms with Crippen LogP contribution in [0.3, 0.4) is 0 Å². The predicted octanol–water partition coefficient (Wildman–Crippen LogP) is 0.361. The van der Waals surface area contributed by atoms with Crippen molar-refractivity contribution in [3.05, 3.63) is 0 Å². The summed E-state index contributed by atoms with van der Waals surface area (Å²) in [5, 5.41) is 6.06. The van der Waals surface area contributed by atoms with Gasteiger partial charge in [-0.3, -0.25) is 9.59 Å². The molecule has 0 bridgehead atoms. The number of hydrogen-bond donors (Lipinski definition) is 2. The lowest BCUT2D eigenvalue weighted by atomic mass is 10.0. The molecular weight excluding hydrogens is 230 g/mol. The molecule has 0 aliphatic carbocycles. The van der Waals surface area contributed by atoms with E-state index in [4.69, 9.17) is 0 Å². The fraction of sp³-hybridized carbons (Fsp3) is 0.846. The maximum absolute atomic E-state index is 11.8. The summed E-state index contributed by atoms with van der Waals surface area (Å²) in [6.45, 7) is 7.77. The van der Waals surface area contributed by atoms with Crippen molar-refractivity contribution in [2.45, 2.75) is 33.1 Å². The predicted molar refractivity (Wildman–Crippen MR) is 71.1 cm³/mol. The molecule has 1 fully saturated rings. The molecule has 5 nitrogen and oxygen atoms in total. The zero-order valence-electron chi connectivity index (χ0n) is 11.5. The van der Waals surface area contributed by atoms with Gasteiger partial charge in [-0.1, -0.05) is 13.8 Å². The second-order valence-electron chi connectivity index (χ2n) is 4.69. The molecule has 0 aromatic carbocycles. The smallest absolute Gasteiger partial charge is 0.224 e.